The number of piperazine rings is 1. The third-order valence-corrected chi connectivity index (χ3v) is 5.02. The molecule has 2 aliphatic heterocycles. The molecular weight excluding hydrogens is 344 g/mol. The van der Waals surface area contributed by atoms with Gasteiger partial charge in [-0.2, -0.15) is 0 Å². The van der Waals surface area contributed by atoms with Crippen LogP contribution in [0.25, 0.3) is 0 Å². The molecule has 1 aromatic rings. The van der Waals surface area contributed by atoms with Gasteiger partial charge in [-0.3, -0.25) is 0 Å². The largest absolute Gasteiger partial charge is 0.444 e. The lowest BCUT2D eigenvalue weighted by molar-refractivity contribution is 0.0192. The van der Waals surface area contributed by atoms with Gasteiger partial charge in [0.05, 0.1) is 25.9 Å². The number of carbonyl (C=O) groups is 1. The number of benzene rings is 1. The van der Waals surface area contributed by atoms with Crippen LogP contribution < -0.4 is 4.90 Å². The van der Waals surface area contributed by atoms with Crippen LogP contribution in [-0.2, 0) is 27.2 Å². The number of hydrogen-bond acceptors (Lipinski definition) is 5. The highest BCUT2D eigenvalue weighted by atomic mass is 16.6. The maximum Gasteiger partial charge on any atom is 0.410 e. The SMILES string of the molecule is COCCOCc1ccc2c(c1)N1[C@H](C2)CN(C(=O)OC(C)(C)C)C[C@H]1C. The predicted molar refractivity (Wildman–Crippen MR) is 105 cm³/mol. The number of ether oxygens (including phenoxy) is 3. The molecule has 27 heavy (non-hydrogen) atoms. The number of amides is 1. The van der Waals surface area contributed by atoms with Crippen LogP contribution in [0.15, 0.2) is 18.2 Å². The molecule has 6 heteroatoms. The second-order valence-electron chi connectivity index (χ2n) is 8.51. The number of rotatable bonds is 5. The van der Waals surface area contributed by atoms with E-state index in [1.165, 1.54) is 16.8 Å². The van der Waals surface area contributed by atoms with Gasteiger partial charge < -0.3 is 24.0 Å². The van der Waals surface area contributed by atoms with Crippen LogP contribution in [0.5, 0.6) is 0 Å². The second kappa shape index (κ2) is 8.07. The summed E-state index contributed by atoms with van der Waals surface area (Å²) in [6.45, 7) is 11.1. The van der Waals surface area contributed by atoms with Crippen LogP contribution in [0.2, 0.25) is 0 Å². The van der Waals surface area contributed by atoms with Crippen molar-refractivity contribution in [3.8, 4) is 0 Å². The zero-order valence-corrected chi connectivity index (χ0v) is 17.2. The Labute approximate surface area is 162 Å². The normalized spacial score (nSPS) is 21.8. The smallest absolute Gasteiger partial charge is 0.410 e. The highest BCUT2D eigenvalue weighted by Crippen LogP contribution is 2.37. The van der Waals surface area contributed by atoms with E-state index in [0.29, 0.717) is 39.0 Å². The molecule has 2 aliphatic rings. The van der Waals surface area contributed by atoms with E-state index >= 15 is 0 Å². The molecule has 0 N–H and O–H groups in total. The van der Waals surface area contributed by atoms with Crippen molar-refractivity contribution in [2.75, 3.05) is 38.3 Å². The number of methoxy groups -OCH3 is 1. The van der Waals surface area contributed by atoms with Crippen molar-refractivity contribution in [2.45, 2.75) is 58.4 Å². The maximum atomic E-state index is 12.5. The van der Waals surface area contributed by atoms with Gasteiger partial charge in [0.25, 0.3) is 0 Å². The molecule has 1 amide bonds. The molecule has 0 saturated carbocycles. The van der Waals surface area contributed by atoms with Crippen LogP contribution in [0.4, 0.5) is 10.5 Å². The monoisotopic (exact) mass is 376 g/mol. The fourth-order valence-electron chi connectivity index (χ4n) is 3.95. The van der Waals surface area contributed by atoms with Crippen LogP contribution in [0.1, 0.15) is 38.8 Å². The first-order chi connectivity index (χ1) is 12.8. The average molecular weight is 376 g/mol. The van der Waals surface area contributed by atoms with E-state index in [-0.39, 0.29) is 12.1 Å². The minimum atomic E-state index is -0.464. The molecule has 6 nitrogen and oxygen atoms in total. The molecule has 2 atom stereocenters. The van der Waals surface area contributed by atoms with Crippen molar-refractivity contribution in [2.24, 2.45) is 0 Å². The number of fused-ring (bicyclic) bond motifs is 3. The predicted octanol–water partition coefficient (Wildman–Crippen LogP) is 3.22. The molecule has 0 spiro atoms. The summed E-state index contributed by atoms with van der Waals surface area (Å²) >= 11 is 0. The summed E-state index contributed by atoms with van der Waals surface area (Å²) in [7, 11) is 1.68. The number of anilines is 1. The molecule has 0 aromatic heterocycles. The van der Waals surface area contributed by atoms with Gasteiger partial charge in [-0.1, -0.05) is 12.1 Å². The van der Waals surface area contributed by atoms with Crippen LogP contribution in [0.3, 0.4) is 0 Å². The molecule has 0 bridgehead atoms. The van der Waals surface area contributed by atoms with E-state index < -0.39 is 5.60 Å². The van der Waals surface area contributed by atoms with Gasteiger partial charge >= 0.3 is 6.09 Å². The molecule has 2 heterocycles. The van der Waals surface area contributed by atoms with E-state index in [0.717, 1.165) is 6.42 Å². The quantitative estimate of drug-likeness (QED) is 0.739. The molecule has 1 saturated heterocycles. The molecule has 0 unspecified atom stereocenters. The van der Waals surface area contributed by atoms with Crippen molar-refractivity contribution >= 4 is 11.8 Å². The van der Waals surface area contributed by atoms with E-state index in [9.17, 15) is 4.79 Å². The summed E-state index contributed by atoms with van der Waals surface area (Å²) in [4.78, 5) is 16.8. The summed E-state index contributed by atoms with van der Waals surface area (Å²) in [5.74, 6) is 0. The molecule has 3 rings (SSSR count). The zero-order chi connectivity index (χ0) is 19.6. The minimum Gasteiger partial charge on any atom is -0.444 e. The maximum absolute atomic E-state index is 12.5. The third-order valence-electron chi connectivity index (χ3n) is 5.02. The fraction of sp³-hybridized carbons (Fsp3) is 0.667. The second-order valence-corrected chi connectivity index (χ2v) is 8.51. The lowest BCUT2D eigenvalue weighted by Gasteiger charge is -2.44. The van der Waals surface area contributed by atoms with Crippen LogP contribution in [-0.4, -0.2) is 62.1 Å². The standard InChI is InChI=1S/C21H32N2O4/c1-15-12-22(20(24)27-21(2,3)4)13-18-11-17-7-6-16(10-19(17)23(15)18)14-26-9-8-25-5/h6-7,10,15,18H,8-9,11-14H2,1-5H3/t15-,18-/m1/s1. The minimum absolute atomic E-state index is 0.211. The Balaban J connectivity index is 1.67. The Hall–Kier alpha value is -1.79. The van der Waals surface area contributed by atoms with Gasteiger partial charge in [0.15, 0.2) is 0 Å². The summed E-state index contributed by atoms with van der Waals surface area (Å²) < 4.78 is 16.3. The molecule has 1 fully saturated rings. The van der Waals surface area contributed by atoms with Crippen molar-refractivity contribution in [3.05, 3.63) is 29.3 Å². The highest BCUT2D eigenvalue weighted by molar-refractivity contribution is 5.70. The molecule has 150 valence electrons. The highest BCUT2D eigenvalue weighted by Gasteiger charge is 2.40. The molecule has 1 aromatic carbocycles. The van der Waals surface area contributed by atoms with E-state index in [2.05, 4.69) is 30.0 Å². The van der Waals surface area contributed by atoms with Gasteiger partial charge in [0, 0.05) is 31.9 Å². The Morgan fingerprint density at radius 3 is 2.70 bits per heavy atom. The van der Waals surface area contributed by atoms with Crippen molar-refractivity contribution < 1.29 is 19.0 Å². The molecular formula is C21H32N2O4. The lowest BCUT2D eigenvalue weighted by atomic mass is 10.1. The van der Waals surface area contributed by atoms with Crippen molar-refractivity contribution in [3.63, 3.8) is 0 Å². The number of carbonyl (C=O) groups excluding carboxylic acids is 1. The number of hydrogen-bond donors (Lipinski definition) is 0. The Bertz CT molecular complexity index is 671. The van der Waals surface area contributed by atoms with Gasteiger partial charge in [0.2, 0.25) is 0 Å². The first-order valence-electron chi connectivity index (χ1n) is 9.73. The Morgan fingerprint density at radius 2 is 2.00 bits per heavy atom. The van der Waals surface area contributed by atoms with E-state index in [4.69, 9.17) is 14.2 Å². The summed E-state index contributed by atoms with van der Waals surface area (Å²) in [6, 6.07) is 7.14. The lowest BCUT2D eigenvalue weighted by Crippen LogP contribution is -2.58. The van der Waals surface area contributed by atoms with E-state index in [1.54, 1.807) is 7.11 Å². The Kier molecular flexibility index (Phi) is 5.96. The van der Waals surface area contributed by atoms with Gasteiger partial charge in [-0.05, 0) is 51.3 Å². The topological polar surface area (TPSA) is 51.2 Å². The first kappa shape index (κ1) is 20.0. The molecule has 0 radical (unpaired) electrons. The Morgan fingerprint density at radius 1 is 1.22 bits per heavy atom. The summed E-state index contributed by atoms with van der Waals surface area (Å²) in [5.41, 5.74) is 3.34. The fourth-order valence-corrected chi connectivity index (χ4v) is 3.95. The van der Waals surface area contributed by atoms with Crippen molar-refractivity contribution in [1.29, 1.82) is 0 Å². The first-order valence-corrected chi connectivity index (χ1v) is 9.73. The molecule has 0 aliphatic carbocycles. The van der Waals surface area contributed by atoms with Gasteiger partial charge in [-0.25, -0.2) is 4.79 Å². The van der Waals surface area contributed by atoms with Crippen LogP contribution in [0, 0.1) is 0 Å². The van der Waals surface area contributed by atoms with Gasteiger partial charge in [0.1, 0.15) is 5.60 Å². The summed E-state index contributed by atoms with van der Waals surface area (Å²) in [5, 5.41) is 0. The summed E-state index contributed by atoms with van der Waals surface area (Å²) in [6.07, 6.45) is 0.751. The van der Waals surface area contributed by atoms with Crippen LogP contribution >= 0.6 is 0 Å². The van der Waals surface area contributed by atoms with E-state index in [1.807, 2.05) is 25.7 Å². The zero-order valence-electron chi connectivity index (χ0n) is 17.2. The third kappa shape index (κ3) is 4.74. The average Bonchev–Trinajstić information content (AvgIpc) is 2.95. The van der Waals surface area contributed by atoms with Gasteiger partial charge in [-0.15, -0.1) is 0 Å². The number of nitrogens with zero attached hydrogens (tertiary/aromatic N) is 2. The van der Waals surface area contributed by atoms with Crippen molar-refractivity contribution in [1.82, 2.24) is 4.90 Å².